The van der Waals surface area contributed by atoms with E-state index < -0.39 is 11.7 Å². The standard InChI is InChI=1S/C25H23F4N3O/c26-17-2-3-21-19(13-17)18(8-12-30-21)15-5-9-24(10-6-15)11-7-20(24)23(33)32-22-4-1-16(14-31-22)25(27,28)29/h1-4,8,12-15,20H,5-7,9-11H2,(H,31,32,33)/t15?,20-,24?/m1/s1. The highest BCUT2D eigenvalue weighted by Gasteiger charge is 2.51. The summed E-state index contributed by atoms with van der Waals surface area (Å²) in [6.07, 6.45) is 3.33. The number of halogens is 4. The maximum Gasteiger partial charge on any atom is 0.417 e. The zero-order valence-electron chi connectivity index (χ0n) is 17.8. The Morgan fingerprint density at radius 2 is 1.76 bits per heavy atom. The Morgan fingerprint density at radius 3 is 2.39 bits per heavy atom. The molecule has 4 nitrogen and oxygen atoms in total. The van der Waals surface area contributed by atoms with Crippen molar-refractivity contribution in [2.24, 2.45) is 11.3 Å². The number of hydrogen-bond donors (Lipinski definition) is 1. The Labute approximate surface area is 188 Å². The first-order valence-electron chi connectivity index (χ1n) is 11.1. The van der Waals surface area contributed by atoms with Gasteiger partial charge < -0.3 is 5.32 Å². The van der Waals surface area contributed by atoms with E-state index >= 15 is 0 Å². The van der Waals surface area contributed by atoms with E-state index in [0.717, 1.165) is 67.3 Å². The van der Waals surface area contributed by atoms with Gasteiger partial charge >= 0.3 is 6.18 Å². The molecule has 0 bridgehead atoms. The van der Waals surface area contributed by atoms with Gasteiger partial charge in [0.25, 0.3) is 0 Å². The van der Waals surface area contributed by atoms with Crippen LogP contribution in [-0.2, 0) is 11.0 Å². The quantitative estimate of drug-likeness (QED) is 0.458. The molecule has 1 atom stereocenters. The number of anilines is 1. The highest BCUT2D eigenvalue weighted by Crippen LogP contribution is 2.58. The summed E-state index contributed by atoms with van der Waals surface area (Å²) in [4.78, 5) is 21.0. The maximum atomic E-state index is 13.8. The Bertz CT molecular complexity index is 1180. The van der Waals surface area contributed by atoms with Crippen molar-refractivity contribution >= 4 is 22.6 Å². The largest absolute Gasteiger partial charge is 0.417 e. The van der Waals surface area contributed by atoms with E-state index in [-0.39, 0.29) is 34.8 Å². The Morgan fingerprint density at radius 1 is 1.00 bits per heavy atom. The van der Waals surface area contributed by atoms with Gasteiger partial charge in [0.15, 0.2) is 0 Å². The number of nitrogens with zero attached hydrogens (tertiary/aromatic N) is 2. The Kier molecular flexibility index (Phi) is 5.34. The van der Waals surface area contributed by atoms with Crippen LogP contribution in [0.3, 0.4) is 0 Å². The lowest BCUT2D eigenvalue weighted by molar-refractivity contribution is -0.137. The van der Waals surface area contributed by atoms with Crippen LogP contribution in [0.4, 0.5) is 23.4 Å². The Hall–Kier alpha value is -3.03. The molecule has 1 N–H and O–H groups in total. The van der Waals surface area contributed by atoms with E-state index in [2.05, 4.69) is 15.3 Å². The number of hydrogen-bond acceptors (Lipinski definition) is 3. The first kappa shape index (κ1) is 21.8. The van der Waals surface area contributed by atoms with E-state index in [0.29, 0.717) is 0 Å². The molecular weight excluding hydrogens is 434 g/mol. The maximum absolute atomic E-state index is 13.8. The van der Waals surface area contributed by atoms with Gasteiger partial charge in [0.1, 0.15) is 11.6 Å². The fourth-order valence-electron chi connectivity index (χ4n) is 5.55. The normalized spacial score (nSPS) is 25.1. The summed E-state index contributed by atoms with van der Waals surface area (Å²) < 4.78 is 52.0. The van der Waals surface area contributed by atoms with Gasteiger partial charge in [-0.25, -0.2) is 9.37 Å². The fraction of sp³-hybridized carbons (Fsp3) is 0.400. The van der Waals surface area contributed by atoms with E-state index in [4.69, 9.17) is 0 Å². The average Bonchev–Trinajstić information content (AvgIpc) is 2.78. The van der Waals surface area contributed by atoms with Gasteiger partial charge in [-0.05, 0) is 91.8 Å². The van der Waals surface area contributed by atoms with Crippen molar-refractivity contribution in [1.82, 2.24) is 9.97 Å². The van der Waals surface area contributed by atoms with Crippen LogP contribution in [0.5, 0.6) is 0 Å². The van der Waals surface area contributed by atoms with Crippen LogP contribution in [-0.4, -0.2) is 15.9 Å². The summed E-state index contributed by atoms with van der Waals surface area (Å²) in [6, 6.07) is 8.73. The second-order valence-corrected chi connectivity index (χ2v) is 9.21. The van der Waals surface area contributed by atoms with Gasteiger partial charge in [-0.2, -0.15) is 13.2 Å². The van der Waals surface area contributed by atoms with E-state index in [1.807, 2.05) is 6.07 Å². The molecule has 1 aromatic carbocycles. The van der Waals surface area contributed by atoms with Gasteiger partial charge in [-0.15, -0.1) is 0 Å². The fourth-order valence-corrected chi connectivity index (χ4v) is 5.55. The van der Waals surface area contributed by atoms with Crippen LogP contribution in [0.25, 0.3) is 10.9 Å². The molecule has 0 aliphatic heterocycles. The van der Waals surface area contributed by atoms with Gasteiger partial charge in [-0.3, -0.25) is 9.78 Å². The summed E-state index contributed by atoms with van der Waals surface area (Å²) in [7, 11) is 0. The zero-order valence-corrected chi connectivity index (χ0v) is 17.8. The summed E-state index contributed by atoms with van der Waals surface area (Å²) >= 11 is 0. The number of pyridine rings is 2. The molecule has 5 rings (SSSR count). The van der Waals surface area contributed by atoms with Gasteiger partial charge in [0.05, 0.1) is 11.1 Å². The van der Waals surface area contributed by atoms with Gasteiger partial charge in [0, 0.05) is 23.7 Å². The molecule has 1 amide bonds. The Balaban J connectivity index is 1.26. The molecule has 2 aromatic heterocycles. The van der Waals surface area contributed by atoms with Crippen molar-refractivity contribution in [3.63, 3.8) is 0 Å². The highest BCUT2D eigenvalue weighted by molar-refractivity contribution is 5.93. The van der Waals surface area contributed by atoms with Crippen LogP contribution in [0.2, 0.25) is 0 Å². The van der Waals surface area contributed by atoms with Crippen molar-refractivity contribution in [1.29, 1.82) is 0 Å². The number of carbonyl (C=O) groups excluding carboxylic acids is 1. The zero-order chi connectivity index (χ0) is 23.2. The van der Waals surface area contributed by atoms with Crippen LogP contribution in [0.1, 0.15) is 55.6 Å². The van der Waals surface area contributed by atoms with Crippen LogP contribution in [0.15, 0.2) is 48.8 Å². The molecule has 33 heavy (non-hydrogen) atoms. The molecule has 2 fully saturated rings. The molecule has 2 aliphatic rings. The van der Waals surface area contributed by atoms with Gasteiger partial charge in [0.2, 0.25) is 5.91 Å². The second kappa shape index (κ2) is 8.08. The van der Waals surface area contributed by atoms with Crippen molar-refractivity contribution in [2.45, 2.75) is 50.6 Å². The molecular formula is C25H23F4N3O. The highest BCUT2D eigenvalue weighted by atomic mass is 19.4. The SMILES string of the molecule is O=C(Nc1ccc(C(F)(F)F)cn1)[C@H]1CCC12CCC(c1ccnc3ccc(F)cc13)CC2. The molecule has 2 aliphatic carbocycles. The number of benzene rings is 1. The minimum Gasteiger partial charge on any atom is -0.310 e. The third-order valence-corrected chi connectivity index (χ3v) is 7.49. The van der Waals surface area contributed by atoms with Crippen LogP contribution in [0, 0.1) is 17.2 Å². The third kappa shape index (κ3) is 4.07. The molecule has 1 spiro atoms. The molecule has 2 heterocycles. The summed E-state index contributed by atoms with van der Waals surface area (Å²) in [5, 5.41) is 3.54. The molecule has 2 saturated carbocycles. The number of fused-ring (bicyclic) bond motifs is 1. The van der Waals surface area contributed by atoms with Crippen molar-refractivity contribution in [3.8, 4) is 0 Å². The third-order valence-electron chi connectivity index (χ3n) is 7.49. The molecule has 0 unspecified atom stereocenters. The van der Waals surface area contributed by atoms with Crippen LogP contribution < -0.4 is 5.32 Å². The van der Waals surface area contributed by atoms with E-state index in [9.17, 15) is 22.4 Å². The first-order chi connectivity index (χ1) is 15.7. The van der Waals surface area contributed by atoms with Crippen molar-refractivity contribution in [3.05, 3.63) is 65.7 Å². The minimum absolute atomic E-state index is 0.0828. The summed E-state index contributed by atoms with van der Waals surface area (Å²) in [6.45, 7) is 0. The molecule has 3 aromatic rings. The molecule has 0 saturated heterocycles. The molecule has 0 radical (unpaired) electrons. The smallest absolute Gasteiger partial charge is 0.310 e. The lowest BCUT2D eigenvalue weighted by Gasteiger charge is -2.52. The number of carbonyl (C=O) groups is 1. The number of rotatable bonds is 3. The predicted molar refractivity (Wildman–Crippen MR) is 116 cm³/mol. The van der Waals surface area contributed by atoms with E-state index in [1.54, 1.807) is 18.3 Å². The topological polar surface area (TPSA) is 54.9 Å². The molecule has 172 valence electrons. The van der Waals surface area contributed by atoms with Crippen molar-refractivity contribution < 1.29 is 22.4 Å². The van der Waals surface area contributed by atoms with Gasteiger partial charge in [-0.1, -0.05) is 0 Å². The predicted octanol–water partition coefficient (Wildman–Crippen LogP) is 6.48. The lowest BCUT2D eigenvalue weighted by atomic mass is 9.52. The summed E-state index contributed by atoms with van der Waals surface area (Å²) in [5.74, 6) is -0.216. The number of aromatic nitrogens is 2. The first-order valence-corrected chi connectivity index (χ1v) is 11.1. The van der Waals surface area contributed by atoms with E-state index in [1.165, 1.54) is 12.1 Å². The van der Waals surface area contributed by atoms with Crippen LogP contribution >= 0.6 is 0 Å². The number of nitrogens with one attached hydrogen (secondary N) is 1. The minimum atomic E-state index is -4.46. The lowest BCUT2D eigenvalue weighted by Crippen LogP contribution is -2.48. The average molecular weight is 457 g/mol. The summed E-state index contributed by atoms with van der Waals surface area (Å²) in [5.41, 5.74) is 0.950. The number of alkyl halides is 3. The number of amides is 1. The molecule has 8 heteroatoms. The van der Waals surface area contributed by atoms with Crippen molar-refractivity contribution in [2.75, 3.05) is 5.32 Å². The monoisotopic (exact) mass is 457 g/mol. The second-order valence-electron chi connectivity index (χ2n) is 9.21.